The van der Waals surface area contributed by atoms with Gasteiger partial charge >= 0.3 is 5.97 Å². The second-order valence-corrected chi connectivity index (χ2v) is 9.86. The van der Waals surface area contributed by atoms with Crippen molar-refractivity contribution in [2.24, 2.45) is 5.73 Å². The number of hydrogen-bond donors (Lipinski definition) is 2. The van der Waals surface area contributed by atoms with Crippen molar-refractivity contribution in [2.75, 3.05) is 18.4 Å². The molecular formula is C23H27N3O6S. The molecule has 2 aromatic rings. The van der Waals surface area contributed by atoms with Crippen molar-refractivity contribution in [3.63, 3.8) is 0 Å². The van der Waals surface area contributed by atoms with E-state index in [4.69, 9.17) is 10.5 Å². The summed E-state index contributed by atoms with van der Waals surface area (Å²) in [5.74, 6) is -1.96. The lowest BCUT2D eigenvalue weighted by atomic mass is 10.1. The lowest BCUT2D eigenvalue weighted by Gasteiger charge is -2.26. The number of amides is 2. The van der Waals surface area contributed by atoms with Gasteiger partial charge in [0.25, 0.3) is 5.91 Å². The molecule has 1 atom stereocenters. The number of sulfonamides is 1. The molecule has 1 heterocycles. The van der Waals surface area contributed by atoms with Crippen LogP contribution in [-0.4, -0.2) is 49.7 Å². The third-order valence-electron chi connectivity index (χ3n) is 5.47. The quantitative estimate of drug-likeness (QED) is 0.593. The SMILES string of the molecule is Cc1ccc(S(=O)(=O)N2CCCCC2)cc1C(=O)OC(C)C(=O)Nc1ccc(C(N)=O)cc1. The zero-order valence-electron chi connectivity index (χ0n) is 18.5. The number of esters is 1. The highest BCUT2D eigenvalue weighted by atomic mass is 32.2. The number of ether oxygens (including phenoxy) is 1. The molecule has 33 heavy (non-hydrogen) atoms. The van der Waals surface area contributed by atoms with Gasteiger partial charge in [-0.2, -0.15) is 4.31 Å². The number of nitrogens with two attached hydrogens (primary N) is 1. The summed E-state index contributed by atoms with van der Waals surface area (Å²) in [6, 6.07) is 10.3. The van der Waals surface area contributed by atoms with Gasteiger partial charge < -0.3 is 15.8 Å². The van der Waals surface area contributed by atoms with Crippen LogP contribution in [0.4, 0.5) is 5.69 Å². The number of anilines is 1. The first-order chi connectivity index (χ1) is 15.6. The largest absolute Gasteiger partial charge is 0.449 e. The maximum Gasteiger partial charge on any atom is 0.339 e. The van der Waals surface area contributed by atoms with E-state index >= 15 is 0 Å². The Bertz CT molecular complexity index is 1160. The number of aryl methyl sites for hydroxylation is 1. The first-order valence-electron chi connectivity index (χ1n) is 10.6. The van der Waals surface area contributed by atoms with Gasteiger partial charge in [-0.25, -0.2) is 13.2 Å². The molecule has 1 unspecified atom stereocenters. The fourth-order valence-electron chi connectivity index (χ4n) is 3.48. The Morgan fingerprint density at radius 3 is 2.27 bits per heavy atom. The van der Waals surface area contributed by atoms with E-state index in [0.29, 0.717) is 29.9 Å². The Kier molecular flexibility index (Phi) is 7.50. The summed E-state index contributed by atoms with van der Waals surface area (Å²) in [4.78, 5) is 36.3. The van der Waals surface area contributed by atoms with E-state index in [0.717, 1.165) is 19.3 Å². The maximum absolute atomic E-state index is 13.0. The predicted molar refractivity (Wildman–Crippen MR) is 122 cm³/mol. The number of carbonyl (C=O) groups excluding carboxylic acids is 3. The minimum atomic E-state index is -3.72. The molecule has 1 aliphatic rings. The van der Waals surface area contributed by atoms with E-state index in [1.807, 2.05) is 0 Å². The Hall–Kier alpha value is -3.24. The van der Waals surface area contributed by atoms with Crippen LogP contribution in [0.1, 0.15) is 52.5 Å². The molecule has 0 bridgehead atoms. The minimum Gasteiger partial charge on any atom is -0.449 e. The van der Waals surface area contributed by atoms with Crippen LogP contribution in [0.15, 0.2) is 47.4 Å². The minimum absolute atomic E-state index is 0.0218. The predicted octanol–water partition coefficient (Wildman–Crippen LogP) is 2.45. The van der Waals surface area contributed by atoms with Gasteiger partial charge in [-0.3, -0.25) is 9.59 Å². The standard InChI is InChI=1S/C23H27N3O6S/c1-15-6-11-19(33(30,31)26-12-4-3-5-13-26)14-20(15)23(29)32-16(2)22(28)25-18-9-7-17(8-10-18)21(24)27/h6-11,14,16H,3-5,12-13H2,1-2H3,(H2,24,27)(H,25,28). The summed E-state index contributed by atoms with van der Waals surface area (Å²) in [5, 5.41) is 2.59. The Morgan fingerprint density at radius 1 is 1.03 bits per heavy atom. The summed E-state index contributed by atoms with van der Waals surface area (Å²) >= 11 is 0. The van der Waals surface area contributed by atoms with E-state index < -0.39 is 33.9 Å². The molecule has 2 amide bonds. The van der Waals surface area contributed by atoms with Gasteiger partial charge in [0, 0.05) is 24.3 Å². The number of carbonyl (C=O) groups is 3. The van der Waals surface area contributed by atoms with Crippen LogP contribution in [0.5, 0.6) is 0 Å². The first-order valence-corrected chi connectivity index (χ1v) is 12.1. The molecule has 2 aromatic carbocycles. The summed E-state index contributed by atoms with van der Waals surface area (Å²) in [7, 11) is -3.72. The van der Waals surface area contributed by atoms with Crippen molar-refractivity contribution in [3.8, 4) is 0 Å². The molecule has 0 saturated carbocycles. The average Bonchev–Trinajstić information content (AvgIpc) is 2.80. The molecule has 0 aliphatic carbocycles. The third kappa shape index (κ3) is 5.77. The van der Waals surface area contributed by atoms with Crippen LogP contribution in [0.2, 0.25) is 0 Å². The molecule has 10 heteroatoms. The van der Waals surface area contributed by atoms with Gasteiger partial charge in [0.15, 0.2) is 6.10 Å². The number of hydrogen-bond acceptors (Lipinski definition) is 6. The lowest BCUT2D eigenvalue weighted by molar-refractivity contribution is -0.123. The first kappa shape index (κ1) is 24.4. The highest BCUT2D eigenvalue weighted by Crippen LogP contribution is 2.23. The molecule has 9 nitrogen and oxygen atoms in total. The number of rotatable bonds is 7. The van der Waals surface area contributed by atoms with Crippen molar-refractivity contribution >= 4 is 33.5 Å². The molecule has 3 N–H and O–H groups in total. The van der Waals surface area contributed by atoms with Gasteiger partial charge in [0.05, 0.1) is 10.5 Å². The second kappa shape index (κ2) is 10.1. The zero-order valence-corrected chi connectivity index (χ0v) is 19.4. The molecule has 0 spiro atoms. The molecule has 1 aliphatic heterocycles. The highest BCUT2D eigenvalue weighted by molar-refractivity contribution is 7.89. The maximum atomic E-state index is 13.0. The summed E-state index contributed by atoms with van der Waals surface area (Å²) in [5.41, 5.74) is 6.50. The fourth-order valence-corrected chi connectivity index (χ4v) is 5.02. The number of benzene rings is 2. The molecular weight excluding hydrogens is 446 g/mol. The normalized spacial score (nSPS) is 15.5. The molecule has 0 aromatic heterocycles. The van der Waals surface area contributed by atoms with Crippen LogP contribution in [0.25, 0.3) is 0 Å². The average molecular weight is 474 g/mol. The van der Waals surface area contributed by atoms with E-state index in [1.54, 1.807) is 13.0 Å². The summed E-state index contributed by atoms with van der Waals surface area (Å²) in [6.45, 7) is 3.98. The third-order valence-corrected chi connectivity index (χ3v) is 7.37. The molecule has 3 rings (SSSR count). The summed E-state index contributed by atoms with van der Waals surface area (Å²) < 4.78 is 32.6. The molecule has 176 valence electrons. The lowest BCUT2D eigenvalue weighted by Crippen LogP contribution is -2.35. The van der Waals surface area contributed by atoms with Crippen LogP contribution in [-0.2, 0) is 19.6 Å². The number of nitrogens with zero attached hydrogens (tertiary/aromatic N) is 1. The molecule has 0 radical (unpaired) electrons. The van der Waals surface area contributed by atoms with Gasteiger partial charge in [0.1, 0.15) is 0 Å². The monoisotopic (exact) mass is 473 g/mol. The number of piperidine rings is 1. The Morgan fingerprint density at radius 2 is 1.67 bits per heavy atom. The van der Waals surface area contributed by atoms with Gasteiger partial charge in [-0.15, -0.1) is 0 Å². The van der Waals surface area contributed by atoms with Crippen molar-refractivity contribution in [1.82, 2.24) is 4.31 Å². The smallest absolute Gasteiger partial charge is 0.339 e. The van der Waals surface area contributed by atoms with E-state index in [1.165, 1.54) is 47.6 Å². The van der Waals surface area contributed by atoms with E-state index in [9.17, 15) is 22.8 Å². The van der Waals surface area contributed by atoms with Crippen molar-refractivity contribution < 1.29 is 27.5 Å². The van der Waals surface area contributed by atoms with Crippen molar-refractivity contribution in [1.29, 1.82) is 0 Å². The molecule has 1 saturated heterocycles. The Labute approximate surface area is 193 Å². The zero-order chi connectivity index (χ0) is 24.2. The van der Waals surface area contributed by atoms with Crippen molar-refractivity contribution in [2.45, 2.75) is 44.1 Å². The van der Waals surface area contributed by atoms with Crippen LogP contribution >= 0.6 is 0 Å². The Balaban J connectivity index is 1.70. The van der Waals surface area contributed by atoms with Crippen molar-refractivity contribution in [3.05, 3.63) is 59.2 Å². The molecule has 1 fully saturated rings. The number of primary amides is 1. The topological polar surface area (TPSA) is 136 Å². The second-order valence-electron chi connectivity index (χ2n) is 7.92. The summed E-state index contributed by atoms with van der Waals surface area (Å²) in [6.07, 6.45) is 1.46. The van der Waals surface area contributed by atoms with E-state index in [-0.39, 0.29) is 10.5 Å². The van der Waals surface area contributed by atoms with Crippen LogP contribution < -0.4 is 11.1 Å². The van der Waals surface area contributed by atoms with E-state index in [2.05, 4.69) is 5.32 Å². The fraction of sp³-hybridized carbons (Fsp3) is 0.348. The van der Waals surface area contributed by atoms with Crippen LogP contribution in [0, 0.1) is 6.92 Å². The number of nitrogens with one attached hydrogen (secondary N) is 1. The van der Waals surface area contributed by atoms with Gasteiger partial charge in [-0.1, -0.05) is 12.5 Å². The van der Waals surface area contributed by atoms with Gasteiger partial charge in [-0.05, 0) is 68.7 Å². The highest BCUT2D eigenvalue weighted by Gasteiger charge is 2.28. The van der Waals surface area contributed by atoms with Crippen LogP contribution in [0.3, 0.4) is 0 Å². The van der Waals surface area contributed by atoms with Gasteiger partial charge in [0.2, 0.25) is 15.9 Å².